The van der Waals surface area contributed by atoms with E-state index < -0.39 is 0 Å². The number of carbonyl (C=O) groups is 1. The molecule has 5 unspecified atom stereocenters. The third-order valence-electron chi connectivity index (χ3n) is 7.79. The van der Waals surface area contributed by atoms with Gasteiger partial charge in [0.2, 0.25) is 0 Å². The van der Waals surface area contributed by atoms with Gasteiger partial charge in [-0.1, -0.05) is 30.3 Å². The van der Waals surface area contributed by atoms with Gasteiger partial charge >= 0.3 is 0 Å². The normalized spacial score (nSPS) is 32.4. The molecule has 5 atom stereocenters. The third kappa shape index (κ3) is 2.80. The van der Waals surface area contributed by atoms with Crippen molar-refractivity contribution >= 4 is 11.6 Å². The van der Waals surface area contributed by atoms with Gasteiger partial charge in [0.1, 0.15) is 0 Å². The van der Waals surface area contributed by atoms with E-state index >= 15 is 0 Å². The molecule has 2 aliphatic carbocycles. The van der Waals surface area contributed by atoms with Crippen LogP contribution in [-0.4, -0.2) is 37.1 Å². The first-order valence-corrected chi connectivity index (χ1v) is 11.1. The topological polar surface area (TPSA) is 41.6 Å². The zero-order valence-electron chi connectivity index (χ0n) is 16.7. The van der Waals surface area contributed by atoms with Crippen LogP contribution < -0.4 is 5.32 Å². The van der Waals surface area contributed by atoms with Gasteiger partial charge in [-0.15, -0.1) is 0 Å². The molecule has 0 spiro atoms. The van der Waals surface area contributed by atoms with Crippen molar-refractivity contribution < 1.29 is 9.53 Å². The lowest BCUT2D eigenvalue weighted by Crippen LogP contribution is -2.41. The van der Waals surface area contributed by atoms with E-state index in [9.17, 15) is 4.79 Å². The number of hydrogen-bond acceptors (Lipinski definition) is 3. The lowest BCUT2D eigenvalue weighted by Gasteiger charge is -2.43. The second kappa shape index (κ2) is 6.88. The highest BCUT2D eigenvalue weighted by Crippen LogP contribution is 2.63. The first kappa shape index (κ1) is 17.5. The van der Waals surface area contributed by atoms with E-state index in [1.807, 2.05) is 11.0 Å². The molecule has 29 heavy (non-hydrogen) atoms. The Morgan fingerprint density at radius 2 is 1.79 bits per heavy atom. The summed E-state index contributed by atoms with van der Waals surface area (Å²) in [6, 6.07) is 17.7. The van der Waals surface area contributed by atoms with Crippen LogP contribution in [0.5, 0.6) is 0 Å². The maximum Gasteiger partial charge on any atom is 0.254 e. The summed E-state index contributed by atoms with van der Waals surface area (Å²) in [5.41, 5.74) is 4.85. The van der Waals surface area contributed by atoms with Crippen LogP contribution in [0.2, 0.25) is 0 Å². The number of nitrogens with one attached hydrogen (secondary N) is 1. The molecule has 2 bridgehead atoms. The molecular weight excluding hydrogens is 360 g/mol. The summed E-state index contributed by atoms with van der Waals surface area (Å²) >= 11 is 0. The highest BCUT2D eigenvalue weighted by Gasteiger charge is 2.53. The summed E-state index contributed by atoms with van der Waals surface area (Å²) in [5, 5.41) is 3.87. The highest BCUT2D eigenvalue weighted by molar-refractivity contribution is 5.95. The van der Waals surface area contributed by atoms with E-state index in [0.29, 0.717) is 44.2 Å². The minimum Gasteiger partial charge on any atom is -0.378 e. The number of benzene rings is 2. The van der Waals surface area contributed by atoms with Crippen LogP contribution >= 0.6 is 0 Å². The first-order chi connectivity index (χ1) is 14.3. The Balaban J connectivity index is 1.38. The summed E-state index contributed by atoms with van der Waals surface area (Å²) in [6.07, 6.45) is 4.05. The van der Waals surface area contributed by atoms with E-state index in [0.717, 1.165) is 17.4 Å². The van der Waals surface area contributed by atoms with Crippen LogP contribution in [0.25, 0.3) is 0 Å². The maximum absolute atomic E-state index is 13.1. The Bertz CT molecular complexity index is 922. The van der Waals surface area contributed by atoms with Gasteiger partial charge in [0, 0.05) is 24.3 Å². The molecule has 3 fully saturated rings. The van der Waals surface area contributed by atoms with Crippen LogP contribution in [-0.2, 0) is 4.74 Å². The van der Waals surface area contributed by atoms with Crippen molar-refractivity contribution in [3.63, 3.8) is 0 Å². The van der Waals surface area contributed by atoms with E-state index in [2.05, 4.69) is 47.8 Å². The molecule has 1 N–H and O–H groups in total. The Morgan fingerprint density at radius 1 is 1.00 bits per heavy atom. The lowest BCUT2D eigenvalue weighted by molar-refractivity contribution is 0.0303. The molecule has 4 heteroatoms. The van der Waals surface area contributed by atoms with Gasteiger partial charge in [-0.3, -0.25) is 4.79 Å². The van der Waals surface area contributed by atoms with Crippen LogP contribution in [0.4, 0.5) is 5.69 Å². The molecule has 2 aromatic rings. The smallest absolute Gasteiger partial charge is 0.254 e. The summed E-state index contributed by atoms with van der Waals surface area (Å²) < 4.78 is 5.42. The quantitative estimate of drug-likeness (QED) is 0.826. The van der Waals surface area contributed by atoms with Gasteiger partial charge in [-0.2, -0.15) is 0 Å². The van der Waals surface area contributed by atoms with Crippen molar-refractivity contribution in [3.05, 3.63) is 65.2 Å². The molecule has 4 nitrogen and oxygen atoms in total. The minimum atomic E-state index is 0.154. The lowest BCUT2D eigenvalue weighted by atomic mass is 9.68. The SMILES string of the molecule is O=C(c1ccc2c(c1)C1C3CCC(C3)C1C(c1ccccc1)N2)N1CCOCC1. The predicted octanol–water partition coefficient (Wildman–Crippen LogP) is 4.46. The molecule has 4 aliphatic rings. The standard InChI is InChI=1S/C25H28N2O2/c28-25(27-10-12-29-13-11-27)19-8-9-21-20(15-19)22-17-6-7-18(14-17)23(22)24(26-21)16-4-2-1-3-5-16/h1-5,8-9,15,17-18,22-24,26H,6-7,10-14H2. The van der Waals surface area contributed by atoms with Gasteiger partial charge in [0.25, 0.3) is 5.91 Å². The monoisotopic (exact) mass is 388 g/mol. The molecule has 2 heterocycles. The summed E-state index contributed by atoms with van der Waals surface area (Å²) in [7, 11) is 0. The highest BCUT2D eigenvalue weighted by atomic mass is 16.5. The van der Waals surface area contributed by atoms with E-state index in [-0.39, 0.29) is 5.91 Å². The summed E-state index contributed by atoms with van der Waals surface area (Å²) in [4.78, 5) is 15.0. The van der Waals surface area contributed by atoms with Crippen molar-refractivity contribution in [2.75, 3.05) is 31.6 Å². The van der Waals surface area contributed by atoms with Crippen LogP contribution in [0.3, 0.4) is 0 Å². The van der Waals surface area contributed by atoms with Gasteiger partial charge < -0.3 is 15.0 Å². The number of hydrogen-bond donors (Lipinski definition) is 1. The molecule has 150 valence electrons. The van der Waals surface area contributed by atoms with E-state index in [1.165, 1.54) is 36.1 Å². The number of carbonyl (C=O) groups excluding carboxylic acids is 1. The molecule has 1 amide bonds. The Hall–Kier alpha value is -2.33. The van der Waals surface area contributed by atoms with Crippen molar-refractivity contribution in [1.82, 2.24) is 4.90 Å². The third-order valence-corrected chi connectivity index (χ3v) is 7.79. The number of anilines is 1. The van der Waals surface area contributed by atoms with Crippen LogP contribution in [0.1, 0.15) is 52.7 Å². The first-order valence-electron chi connectivity index (χ1n) is 11.1. The fraction of sp³-hybridized carbons (Fsp3) is 0.480. The van der Waals surface area contributed by atoms with E-state index in [4.69, 9.17) is 4.74 Å². The molecule has 1 saturated heterocycles. The Labute approximate surface area is 172 Å². The molecule has 0 radical (unpaired) electrons. The van der Waals surface area contributed by atoms with Crippen LogP contribution in [0, 0.1) is 17.8 Å². The zero-order chi connectivity index (χ0) is 19.4. The fourth-order valence-electron chi connectivity index (χ4n) is 6.56. The van der Waals surface area contributed by atoms with Gasteiger partial charge in [-0.25, -0.2) is 0 Å². The van der Waals surface area contributed by atoms with Gasteiger partial charge in [-0.05, 0) is 72.3 Å². The van der Waals surface area contributed by atoms with Crippen LogP contribution in [0.15, 0.2) is 48.5 Å². The van der Waals surface area contributed by atoms with Gasteiger partial charge in [0.05, 0.1) is 19.3 Å². The van der Waals surface area contributed by atoms with Crippen molar-refractivity contribution in [1.29, 1.82) is 0 Å². The zero-order valence-corrected chi connectivity index (χ0v) is 16.7. The number of amides is 1. The van der Waals surface area contributed by atoms with Crippen molar-refractivity contribution in [2.45, 2.75) is 31.2 Å². The summed E-state index contributed by atoms with van der Waals surface area (Å²) in [6.45, 7) is 2.68. The average Bonchev–Trinajstić information content (AvgIpc) is 3.42. The molecular formula is C25H28N2O2. The number of nitrogens with zero attached hydrogens (tertiary/aromatic N) is 1. The second-order valence-corrected chi connectivity index (χ2v) is 9.18. The Kier molecular flexibility index (Phi) is 4.15. The largest absolute Gasteiger partial charge is 0.378 e. The number of ether oxygens (including phenoxy) is 1. The predicted molar refractivity (Wildman–Crippen MR) is 113 cm³/mol. The molecule has 0 aromatic heterocycles. The maximum atomic E-state index is 13.1. The molecule has 2 saturated carbocycles. The molecule has 2 aliphatic heterocycles. The second-order valence-electron chi connectivity index (χ2n) is 9.18. The fourth-order valence-corrected chi connectivity index (χ4v) is 6.56. The minimum absolute atomic E-state index is 0.154. The van der Waals surface area contributed by atoms with E-state index in [1.54, 1.807) is 0 Å². The Morgan fingerprint density at radius 3 is 2.62 bits per heavy atom. The van der Waals surface area contributed by atoms with Gasteiger partial charge in [0.15, 0.2) is 0 Å². The molecule has 2 aromatic carbocycles. The average molecular weight is 389 g/mol. The number of fused-ring (bicyclic) bond motifs is 7. The van der Waals surface area contributed by atoms with Crippen molar-refractivity contribution in [2.24, 2.45) is 17.8 Å². The number of rotatable bonds is 2. The number of morpholine rings is 1. The summed E-state index contributed by atoms with van der Waals surface area (Å²) in [5.74, 6) is 2.94. The molecule has 6 rings (SSSR count). The van der Waals surface area contributed by atoms with Crippen molar-refractivity contribution in [3.8, 4) is 0 Å².